The molecule has 1 N–H and O–H groups in total. The Hall–Kier alpha value is -1.71. The van der Waals surface area contributed by atoms with Gasteiger partial charge in [0.05, 0.1) is 30.9 Å². The van der Waals surface area contributed by atoms with Gasteiger partial charge in [0.2, 0.25) is 0 Å². The Morgan fingerprint density at radius 3 is 2.65 bits per heavy atom. The van der Waals surface area contributed by atoms with Crippen LogP contribution < -0.4 is 5.32 Å². The second-order valence-electron chi connectivity index (χ2n) is 5.62. The summed E-state index contributed by atoms with van der Waals surface area (Å²) in [5, 5.41) is 14.6. The summed E-state index contributed by atoms with van der Waals surface area (Å²) in [5.74, 6) is 0. The minimum atomic E-state index is 0.400. The minimum Gasteiger partial charge on any atom is -0.379 e. The van der Waals surface area contributed by atoms with Crippen molar-refractivity contribution in [2.75, 3.05) is 32.8 Å². The molecule has 0 bridgehead atoms. The third-order valence-corrected chi connectivity index (χ3v) is 5.08. The lowest BCUT2D eigenvalue weighted by atomic mass is 10.1. The van der Waals surface area contributed by atoms with Gasteiger partial charge in [-0.25, -0.2) is 0 Å². The van der Waals surface area contributed by atoms with Crippen LogP contribution in [-0.4, -0.2) is 37.7 Å². The number of rotatable bonds is 6. The van der Waals surface area contributed by atoms with E-state index in [-0.39, 0.29) is 0 Å². The first-order chi connectivity index (χ1) is 11.4. The van der Waals surface area contributed by atoms with E-state index < -0.39 is 0 Å². The molecular formula is C18H21N3OS. The number of ether oxygens (including phenoxy) is 1. The Bertz CT molecular complexity index is 627. The quantitative estimate of drug-likeness (QED) is 0.886. The number of hydrogen-bond acceptors (Lipinski definition) is 5. The fourth-order valence-corrected chi connectivity index (χ4v) is 3.69. The molecule has 0 amide bonds. The summed E-state index contributed by atoms with van der Waals surface area (Å²) in [6, 6.07) is 14.7. The lowest BCUT2D eigenvalue weighted by Crippen LogP contribution is -2.42. The van der Waals surface area contributed by atoms with Crippen molar-refractivity contribution < 1.29 is 4.74 Å². The molecule has 5 heteroatoms. The van der Waals surface area contributed by atoms with Crippen LogP contribution in [0.5, 0.6) is 0 Å². The van der Waals surface area contributed by atoms with Gasteiger partial charge < -0.3 is 10.1 Å². The second kappa shape index (κ2) is 8.23. The molecule has 1 saturated heterocycles. The number of thiophene rings is 1. The fourth-order valence-electron chi connectivity index (χ4n) is 2.83. The van der Waals surface area contributed by atoms with Crippen LogP contribution in [0.2, 0.25) is 0 Å². The van der Waals surface area contributed by atoms with Crippen molar-refractivity contribution in [2.24, 2.45) is 0 Å². The maximum atomic E-state index is 8.85. The van der Waals surface area contributed by atoms with Crippen molar-refractivity contribution in [1.82, 2.24) is 10.2 Å². The highest BCUT2D eigenvalue weighted by molar-refractivity contribution is 7.10. The molecule has 0 spiro atoms. The third-order valence-electron chi connectivity index (χ3n) is 4.11. The fraction of sp³-hybridized carbons (Fsp3) is 0.389. The predicted octanol–water partition coefficient (Wildman–Crippen LogP) is 2.78. The van der Waals surface area contributed by atoms with E-state index in [1.165, 1.54) is 10.4 Å². The Labute approximate surface area is 141 Å². The molecule has 23 heavy (non-hydrogen) atoms. The molecule has 1 aliphatic heterocycles. The molecular weight excluding hydrogens is 306 g/mol. The molecule has 120 valence electrons. The number of hydrogen-bond donors (Lipinski definition) is 1. The van der Waals surface area contributed by atoms with Crippen molar-refractivity contribution in [3.8, 4) is 6.07 Å². The van der Waals surface area contributed by atoms with Gasteiger partial charge in [-0.2, -0.15) is 5.26 Å². The maximum absolute atomic E-state index is 8.85. The van der Waals surface area contributed by atoms with Gasteiger partial charge in [0, 0.05) is 31.1 Å². The summed E-state index contributed by atoms with van der Waals surface area (Å²) in [6.07, 6.45) is 0. The van der Waals surface area contributed by atoms with Crippen LogP contribution >= 0.6 is 11.3 Å². The van der Waals surface area contributed by atoms with E-state index in [2.05, 4.69) is 33.8 Å². The molecule has 1 aromatic heterocycles. The highest BCUT2D eigenvalue weighted by Crippen LogP contribution is 2.25. The highest BCUT2D eigenvalue weighted by Gasteiger charge is 2.22. The van der Waals surface area contributed by atoms with Gasteiger partial charge in [-0.15, -0.1) is 11.3 Å². The number of nitriles is 1. The zero-order chi connectivity index (χ0) is 15.9. The van der Waals surface area contributed by atoms with Crippen molar-refractivity contribution >= 4 is 11.3 Å². The van der Waals surface area contributed by atoms with Gasteiger partial charge in [0.15, 0.2) is 0 Å². The van der Waals surface area contributed by atoms with E-state index in [1.807, 2.05) is 35.6 Å². The molecule has 1 aliphatic rings. The normalized spacial score (nSPS) is 16.8. The molecule has 1 fully saturated rings. The molecule has 0 aliphatic carbocycles. The lowest BCUT2D eigenvalue weighted by Gasteiger charge is -2.34. The van der Waals surface area contributed by atoms with E-state index in [0.717, 1.165) is 39.4 Å². The van der Waals surface area contributed by atoms with Gasteiger partial charge >= 0.3 is 0 Å². The Morgan fingerprint density at radius 2 is 2.00 bits per heavy atom. The monoisotopic (exact) mass is 327 g/mol. The van der Waals surface area contributed by atoms with Gasteiger partial charge in [0.1, 0.15) is 0 Å². The van der Waals surface area contributed by atoms with Gasteiger partial charge in [-0.3, -0.25) is 4.90 Å². The predicted molar refractivity (Wildman–Crippen MR) is 92.3 cm³/mol. The van der Waals surface area contributed by atoms with Crippen LogP contribution in [0.4, 0.5) is 0 Å². The lowest BCUT2D eigenvalue weighted by molar-refractivity contribution is 0.0168. The van der Waals surface area contributed by atoms with Gasteiger partial charge in [0.25, 0.3) is 0 Å². The summed E-state index contributed by atoms with van der Waals surface area (Å²) < 4.78 is 5.48. The topological polar surface area (TPSA) is 48.3 Å². The zero-order valence-electron chi connectivity index (χ0n) is 13.1. The van der Waals surface area contributed by atoms with Crippen LogP contribution in [-0.2, 0) is 11.3 Å². The number of nitrogens with one attached hydrogen (secondary N) is 1. The van der Waals surface area contributed by atoms with Crippen molar-refractivity contribution in [2.45, 2.75) is 12.6 Å². The van der Waals surface area contributed by atoms with Crippen LogP contribution in [0.3, 0.4) is 0 Å². The van der Waals surface area contributed by atoms with E-state index >= 15 is 0 Å². The summed E-state index contributed by atoms with van der Waals surface area (Å²) in [7, 11) is 0. The molecule has 4 nitrogen and oxygen atoms in total. The van der Waals surface area contributed by atoms with Crippen LogP contribution in [0.1, 0.15) is 22.0 Å². The SMILES string of the molecule is N#Cc1ccc(CNCC(c2cccs2)N2CCOCC2)cc1. The first kappa shape index (κ1) is 16.2. The van der Waals surface area contributed by atoms with Crippen molar-refractivity contribution in [1.29, 1.82) is 5.26 Å². The largest absolute Gasteiger partial charge is 0.379 e. The number of benzene rings is 1. The van der Waals surface area contributed by atoms with Crippen LogP contribution in [0, 0.1) is 11.3 Å². The second-order valence-corrected chi connectivity index (χ2v) is 6.60. The molecule has 1 atom stereocenters. The molecule has 2 heterocycles. The van der Waals surface area contributed by atoms with Gasteiger partial charge in [-0.05, 0) is 29.1 Å². The average Bonchev–Trinajstić information content (AvgIpc) is 3.14. The third kappa shape index (κ3) is 4.40. The number of morpholine rings is 1. The van der Waals surface area contributed by atoms with E-state index in [0.29, 0.717) is 11.6 Å². The van der Waals surface area contributed by atoms with Crippen molar-refractivity contribution in [3.05, 3.63) is 57.8 Å². The first-order valence-electron chi connectivity index (χ1n) is 7.92. The summed E-state index contributed by atoms with van der Waals surface area (Å²) in [6.45, 7) is 5.34. The molecule has 0 radical (unpaired) electrons. The standard InChI is InChI=1S/C18H21N3OS/c19-12-15-3-5-16(6-4-15)13-20-14-17(18-2-1-11-23-18)21-7-9-22-10-8-21/h1-6,11,17,20H,7-10,13-14H2. The Kier molecular flexibility index (Phi) is 5.78. The van der Waals surface area contributed by atoms with Gasteiger partial charge in [-0.1, -0.05) is 18.2 Å². The molecule has 3 rings (SSSR count). The average molecular weight is 327 g/mol. The molecule has 1 aromatic carbocycles. The maximum Gasteiger partial charge on any atom is 0.0991 e. The summed E-state index contributed by atoms with van der Waals surface area (Å²) >= 11 is 1.82. The smallest absolute Gasteiger partial charge is 0.0991 e. The molecule has 0 saturated carbocycles. The Balaban J connectivity index is 1.58. The van der Waals surface area contributed by atoms with Crippen LogP contribution in [0.25, 0.3) is 0 Å². The first-order valence-corrected chi connectivity index (χ1v) is 8.80. The summed E-state index contributed by atoms with van der Waals surface area (Å²) in [5.41, 5.74) is 1.91. The molecule has 1 unspecified atom stereocenters. The van der Waals surface area contributed by atoms with E-state index in [1.54, 1.807) is 0 Å². The Morgan fingerprint density at radius 1 is 1.22 bits per heavy atom. The minimum absolute atomic E-state index is 0.400. The van der Waals surface area contributed by atoms with Crippen molar-refractivity contribution in [3.63, 3.8) is 0 Å². The highest BCUT2D eigenvalue weighted by atomic mass is 32.1. The van der Waals surface area contributed by atoms with E-state index in [9.17, 15) is 0 Å². The molecule has 2 aromatic rings. The number of nitrogens with zero attached hydrogens (tertiary/aromatic N) is 2. The zero-order valence-corrected chi connectivity index (χ0v) is 13.9. The van der Waals surface area contributed by atoms with E-state index in [4.69, 9.17) is 10.00 Å². The van der Waals surface area contributed by atoms with Crippen LogP contribution in [0.15, 0.2) is 41.8 Å². The summed E-state index contributed by atoms with van der Waals surface area (Å²) in [4.78, 5) is 3.90.